The summed E-state index contributed by atoms with van der Waals surface area (Å²) in [6, 6.07) is 4.89. The number of halogens is 1. The van der Waals surface area contributed by atoms with Crippen molar-refractivity contribution >= 4 is 17.8 Å². The Bertz CT molecular complexity index is 1060. The lowest BCUT2D eigenvalue weighted by atomic mass is 9.92. The highest BCUT2D eigenvalue weighted by atomic mass is 19.1. The fourth-order valence-corrected chi connectivity index (χ4v) is 3.18. The van der Waals surface area contributed by atoms with E-state index in [9.17, 15) is 18.8 Å². The van der Waals surface area contributed by atoms with Gasteiger partial charge in [-0.2, -0.15) is 0 Å². The monoisotopic (exact) mass is 474 g/mol. The number of nitrogens with one attached hydrogen (secondary N) is 1. The molecular weight excluding hydrogens is 443 g/mol. The molecule has 1 aromatic carbocycles. The van der Waals surface area contributed by atoms with Crippen molar-refractivity contribution in [3.05, 3.63) is 53.1 Å². The third kappa shape index (κ3) is 6.52. The molecular formula is C25H31FN2O6. The zero-order chi connectivity index (χ0) is 25.6. The van der Waals surface area contributed by atoms with Gasteiger partial charge in [-0.3, -0.25) is 9.59 Å². The summed E-state index contributed by atoms with van der Waals surface area (Å²) in [5, 5.41) is 2.52. The standard InChI is InChI=1S/C25H31FN2O6/c1-13(2)24(30)34-22-20(32-7)10-11-27-21(22)23(29)28-16(5)25(31)33-17(6)15(4)19-9-8-18(26)12-14(19)3/h8-13,15-17H,1-7H3,(H,28,29)/t15-,16+,17-/m0/s1. The Morgan fingerprint density at radius 1 is 1.03 bits per heavy atom. The van der Waals surface area contributed by atoms with E-state index in [0.717, 1.165) is 11.1 Å². The highest BCUT2D eigenvalue weighted by Gasteiger charge is 2.28. The van der Waals surface area contributed by atoms with Crippen molar-refractivity contribution in [3.63, 3.8) is 0 Å². The van der Waals surface area contributed by atoms with E-state index in [4.69, 9.17) is 14.2 Å². The van der Waals surface area contributed by atoms with Crippen LogP contribution in [-0.4, -0.2) is 42.1 Å². The van der Waals surface area contributed by atoms with Crippen molar-refractivity contribution in [2.75, 3.05) is 7.11 Å². The second kappa shape index (κ2) is 11.6. The number of amides is 1. The highest BCUT2D eigenvalue weighted by Crippen LogP contribution is 2.30. The molecule has 1 N–H and O–H groups in total. The largest absolute Gasteiger partial charge is 0.493 e. The minimum absolute atomic E-state index is 0.129. The van der Waals surface area contributed by atoms with Gasteiger partial charge in [-0.05, 0) is 44.0 Å². The van der Waals surface area contributed by atoms with Crippen LogP contribution in [0.1, 0.15) is 62.2 Å². The molecule has 0 aliphatic rings. The molecule has 0 bridgehead atoms. The van der Waals surface area contributed by atoms with Crippen molar-refractivity contribution < 1.29 is 33.0 Å². The summed E-state index contributed by atoms with van der Waals surface area (Å²) in [7, 11) is 1.37. The van der Waals surface area contributed by atoms with Gasteiger partial charge in [0.25, 0.3) is 5.91 Å². The molecule has 9 heteroatoms. The molecule has 2 rings (SSSR count). The number of ether oxygens (including phenoxy) is 3. The second-order valence-corrected chi connectivity index (χ2v) is 8.39. The number of pyridine rings is 1. The van der Waals surface area contributed by atoms with Crippen molar-refractivity contribution in [3.8, 4) is 11.5 Å². The van der Waals surface area contributed by atoms with E-state index in [1.54, 1.807) is 33.8 Å². The Hall–Kier alpha value is -3.49. The molecule has 2 aromatic rings. The second-order valence-electron chi connectivity index (χ2n) is 8.39. The molecule has 1 heterocycles. The van der Waals surface area contributed by atoms with Gasteiger partial charge in [-0.15, -0.1) is 0 Å². The Balaban J connectivity index is 2.11. The van der Waals surface area contributed by atoms with Gasteiger partial charge in [0.05, 0.1) is 13.0 Å². The number of aromatic nitrogens is 1. The molecule has 0 saturated heterocycles. The molecule has 0 saturated carbocycles. The maximum absolute atomic E-state index is 13.4. The first kappa shape index (κ1) is 26.8. The first-order chi connectivity index (χ1) is 16.0. The van der Waals surface area contributed by atoms with Gasteiger partial charge in [-0.1, -0.05) is 26.8 Å². The maximum atomic E-state index is 13.4. The van der Waals surface area contributed by atoms with Crippen LogP contribution in [0.4, 0.5) is 4.39 Å². The summed E-state index contributed by atoms with van der Waals surface area (Å²) in [4.78, 5) is 41.6. The number of esters is 2. The van der Waals surface area contributed by atoms with Crippen LogP contribution in [-0.2, 0) is 14.3 Å². The lowest BCUT2D eigenvalue weighted by Crippen LogP contribution is -2.41. The number of carbonyl (C=O) groups is 3. The van der Waals surface area contributed by atoms with E-state index in [2.05, 4.69) is 10.3 Å². The minimum atomic E-state index is -1.02. The SMILES string of the molecule is COc1ccnc(C(=O)N[C@H](C)C(=O)O[C@@H](C)[C@H](C)c2ccc(F)cc2C)c1OC(=O)C(C)C. The third-order valence-electron chi connectivity index (χ3n) is 5.41. The molecule has 3 atom stereocenters. The Morgan fingerprint density at radius 3 is 2.29 bits per heavy atom. The molecule has 0 spiro atoms. The molecule has 0 aliphatic heterocycles. The van der Waals surface area contributed by atoms with Gasteiger partial charge in [0.1, 0.15) is 18.0 Å². The quantitative estimate of drug-likeness (QED) is 0.549. The number of hydrogen-bond acceptors (Lipinski definition) is 7. The van der Waals surface area contributed by atoms with Gasteiger partial charge in [-0.25, -0.2) is 14.2 Å². The molecule has 0 unspecified atom stereocenters. The van der Waals surface area contributed by atoms with Crippen LogP contribution in [0.15, 0.2) is 30.5 Å². The molecule has 34 heavy (non-hydrogen) atoms. The summed E-state index contributed by atoms with van der Waals surface area (Å²) in [6.45, 7) is 10.2. The van der Waals surface area contributed by atoms with Crippen LogP contribution in [0.2, 0.25) is 0 Å². The van der Waals surface area contributed by atoms with Crippen molar-refractivity contribution in [1.82, 2.24) is 10.3 Å². The van der Waals surface area contributed by atoms with E-state index in [0.29, 0.717) is 0 Å². The first-order valence-electron chi connectivity index (χ1n) is 11.0. The Kier molecular flexibility index (Phi) is 9.11. The number of nitrogens with zero attached hydrogens (tertiary/aromatic N) is 1. The first-order valence-corrected chi connectivity index (χ1v) is 11.0. The number of hydrogen-bond donors (Lipinski definition) is 1. The van der Waals surface area contributed by atoms with Gasteiger partial charge >= 0.3 is 11.9 Å². The molecule has 184 valence electrons. The predicted octanol–water partition coefficient (Wildman–Crippen LogP) is 3.95. The Labute approximate surface area is 198 Å². The maximum Gasteiger partial charge on any atom is 0.328 e. The summed E-state index contributed by atoms with van der Waals surface area (Å²) in [6.07, 6.45) is 0.798. The lowest BCUT2D eigenvalue weighted by Gasteiger charge is -2.24. The van der Waals surface area contributed by atoms with Gasteiger partial charge in [0.15, 0.2) is 11.4 Å². The smallest absolute Gasteiger partial charge is 0.328 e. The number of aryl methyl sites for hydroxylation is 1. The number of benzene rings is 1. The Morgan fingerprint density at radius 2 is 1.71 bits per heavy atom. The third-order valence-corrected chi connectivity index (χ3v) is 5.41. The lowest BCUT2D eigenvalue weighted by molar-refractivity contribution is -0.151. The van der Waals surface area contributed by atoms with E-state index in [1.165, 1.54) is 38.4 Å². The van der Waals surface area contributed by atoms with Gasteiger partial charge < -0.3 is 19.5 Å². The van der Waals surface area contributed by atoms with Crippen LogP contribution in [0.25, 0.3) is 0 Å². The predicted molar refractivity (Wildman–Crippen MR) is 123 cm³/mol. The zero-order valence-corrected chi connectivity index (χ0v) is 20.5. The van der Waals surface area contributed by atoms with Crippen LogP contribution in [0, 0.1) is 18.7 Å². The average molecular weight is 475 g/mol. The van der Waals surface area contributed by atoms with E-state index in [1.807, 2.05) is 6.92 Å². The van der Waals surface area contributed by atoms with Crippen LogP contribution in [0.3, 0.4) is 0 Å². The fraction of sp³-hybridized carbons (Fsp3) is 0.440. The summed E-state index contributed by atoms with van der Waals surface area (Å²) < 4.78 is 29.5. The van der Waals surface area contributed by atoms with Crippen molar-refractivity contribution in [2.24, 2.45) is 5.92 Å². The molecule has 0 radical (unpaired) electrons. The minimum Gasteiger partial charge on any atom is -0.493 e. The number of carbonyl (C=O) groups excluding carboxylic acids is 3. The van der Waals surface area contributed by atoms with Crippen molar-refractivity contribution in [1.29, 1.82) is 0 Å². The van der Waals surface area contributed by atoms with Crippen molar-refractivity contribution in [2.45, 2.75) is 59.6 Å². The topological polar surface area (TPSA) is 104 Å². The molecule has 8 nitrogen and oxygen atoms in total. The van der Waals surface area contributed by atoms with Crippen LogP contribution >= 0.6 is 0 Å². The zero-order valence-electron chi connectivity index (χ0n) is 20.5. The molecule has 0 fully saturated rings. The van der Waals surface area contributed by atoms with E-state index < -0.39 is 35.9 Å². The van der Waals surface area contributed by atoms with E-state index in [-0.39, 0.29) is 28.9 Å². The van der Waals surface area contributed by atoms with Crippen LogP contribution in [0.5, 0.6) is 11.5 Å². The van der Waals surface area contributed by atoms with Gasteiger partial charge in [0.2, 0.25) is 5.75 Å². The molecule has 1 aromatic heterocycles. The number of methoxy groups -OCH3 is 1. The number of rotatable bonds is 9. The van der Waals surface area contributed by atoms with Crippen LogP contribution < -0.4 is 14.8 Å². The summed E-state index contributed by atoms with van der Waals surface area (Å²) in [5.74, 6) is -2.90. The average Bonchev–Trinajstić information content (AvgIpc) is 2.78. The van der Waals surface area contributed by atoms with E-state index >= 15 is 0 Å². The molecule has 0 aliphatic carbocycles. The normalized spacial score (nSPS) is 13.6. The summed E-state index contributed by atoms with van der Waals surface area (Å²) >= 11 is 0. The molecule has 1 amide bonds. The van der Waals surface area contributed by atoms with Gasteiger partial charge in [0, 0.05) is 18.2 Å². The fourth-order valence-electron chi connectivity index (χ4n) is 3.18. The summed E-state index contributed by atoms with van der Waals surface area (Å²) in [5.41, 5.74) is 1.41. The highest BCUT2D eigenvalue weighted by molar-refractivity contribution is 5.98.